The van der Waals surface area contributed by atoms with Crippen LogP contribution in [0.3, 0.4) is 0 Å². The number of nitrogens with one attached hydrogen (secondary N) is 1. The van der Waals surface area contributed by atoms with Crippen molar-refractivity contribution in [3.8, 4) is 5.75 Å². The number of hydrogen-bond acceptors (Lipinski definition) is 6. The van der Waals surface area contributed by atoms with Gasteiger partial charge in [-0.3, -0.25) is 4.79 Å². The van der Waals surface area contributed by atoms with Gasteiger partial charge in [-0.2, -0.15) is 0 Å². The lowest BCUT2D eigenvalue weighted by atomic mass is 10.2. The lowest BCUT2D eigenvalue weighted by Crippen LogP contribution is -2.37. The van der Waals surface area contributed by atoms with Gasteiger partial charge < -0.3 is 14.8 Å². The van der Waals surface area contributed by atoms with Gasteiger partial charge in [0.15, 0.2) is 12.7 Å². The van der Waals surface area contributed by atoms with Gasteiger partial charge in [-0.1, -0.05) is 18.2 Å². The van der Waals surface area contributed by atoms with Crippen LogP contribution in [0, 0.1) is 0 Å². The molecule has 1 aliphatic heterocycles. The van der Waals surface area contributed by atoms with Crippen LogP contribution >= 0.6 is 23.5 Å². The molecular weight excluding hydrogens is 346 g/mol. The molecule has 7 heteroatoms. The maximum atomic E-state index is 11.9. The summed E-state index contributed by atoms with van der Waals surface area (Å²) in [5.41, 5.74) is 1.09. The molecule has 0 unspecified atom stereocenters. The zero-order valence-corrected chi connectivity index (χ0v) is 15.2. The topological polar surface area (TPSA) is 64.6 Å². The number of benzene rings is 1. The Morgan fingerprint density at radius 1 is 1.25 bits per heavy atom. The second-order valence-corrected chi connectivity index (χ2v) is 8.54. The standard InChI is InChI=1S/C17H21NO4S2/c1-11(16(20)18-12-6-7-12)22-15(19)10-21-14-5-3-2-4-13(14)17-23-8-9-24-17/h2-5,11-12,17H,6-10H2,1H3,(H,18,20)/t11-/m0/s1. The molecular formula is C17H21NO4S2. The molecule has 0 radical (unpaired) electrons. The summed E-state index contributed by atoms with van der Waals surface area (Å²) >= 11 is 3.77. The van der Waals surface area contributed by atoms with Crippen molar-refractivity contribution in [1.82, 2.24) is 5.32 Å². The molecule has 24 heavy (non-hydrogen) atoms. The van der Waals surface area contributed by atoms with E-state index in [4.69, 9.17) is 9.47 Å². The Morgan fingerprint density at radius 3 is 2.67 bits per heavy atom. The van der Waals surface area contributed by atoms with Crippen LogP contribution in [-0.4, -0.2) is 42.1 Å². The largest absolute Gasteiger partial charge is 0.482 e. The maximum Gasteiger partial charge on any atom is 0.344 e. The van der Waals surface area contributed by atoms with Crippen LogP contribution < -0.4 is 10.1 Å². The quantitative estimate of drug-likeness (QED) is 0.748. The number of thioether (sulfide) groups is 2. The Hall–Kier alpha value is -1.34. The number of rotatable bonds is 7. The van der Waals surface area contributed by atoms with Gasteiger partial charge in [-0.25, -0.2) is 4.79 Å². The molecule has 1 aromatic carbocycles. The fraction of sp³-hybridized carbons (Fsp3) is 0.529. The molecule has 1 amide bonds. The predicted octanol–water partition coefficient (Wildman–Crippen LogP) is 2.75. The molecule has 1 heterocycles. The van der Waals surface area contributed by atoms with Gasteiger partial charge in [0.25, 0.3) is 5.91 Å². The minimum absolute atomic E-state index is 0.194. The van der Waals surface area contributed by atoms with Gasteiger partial charge in [0.05, 0.1) is 4.58 Å². The van der Waals surface area contributed by atoms with Gasteiger partial charge in [0, 0.05) is 23.1 Å². The van der Waals surface area contributed by atoms with Gasteiger partial charge in [-0.15, -0.1) is 23.5 Å². The Bertz CT molecular complexity index is 600. The molecule has 0 spiro atoms. The SMILES string of the molecule is C[C@H](OC(=O)COc1ccccc1C1SCCS1)C(=O)NC1CC1. The first-order chi connectivity index (χ1) is 11.6. The number of esters is 1. The molecule has 5 nitrogen and oxygen atoms in total. The maximum absolute atomic E-state index is 11.9. The van der Waals surface area contributed by atoms with Crippen molar-refractivity contribution < 1.29 is 19.1 Å². The highest BCUT2D eigenvalue weighted by Gasteiger charge is 2.27. The van der Waals surface area contributed by atoms with Gasteiger partial charge in [0.1, 0.15) is 5.75 Å². The van der Waals surface area contributed by atoms with Crippen LogP contribution in [0.15, 0.2) is 24.3 Å². The highest BCUT2D eigenvalue weighted by atomic mass is 32.2. The summed E-state index contributed by atoms with van der Waals surface area (Å²) in [6.07, 6.45) is 1.21. The zero-order chi connectivity index (χ0) is 16.9. The number of ether oxygens (including phenoxy) is 2. The van der Waals surface area contributed by atoms with E-state index in [2.05, 4.69) is 5.32 Å². The molecule has 1 saturated heterocycles. The zero-order valence-electron chi connectivity index (χ0n) is 13.5. The van der Waals surface area contributed by atoms with E-state index in [-0.39, 0.29) is 18.6 Å². The van der Waals surface area contributed by atoms with Crippen molar-refractivity contribution >= 4 is 35.4 Å². The molecule has 0 bridgehead atoms. The first-order valence-corrected chi connectivity index (χ1v) is 10.2. The Morgan fingerprint density at radius 2 is 1.96 bits per heavy atom. The summed E-state index contributed by atoms with van der Waals surface area (Å²) in [4.78, 5) is 23.7. The summed E-state index contributed by atoms with van der Waals surface area (Å²) in [5, 5.41) is 2.82. The molecule has 1 aliphatic carbocycles. The van der Waals surface area contributed by atoms with Crippen molar-refractivity contribution in [2.75, 3.05) is 18.1 Å². The van der Waals surface area contributed by atoms with E-state index < -0.39 is 12.1 Å². The average molecular weight is 367 g/mol. The molecule has 3 rings (SSSR count). The molecule has 1 N–H and O–H groups in total. The van der Waals surface area contributed by atoms with Crippen molar-refractivity contribution in [2.45, 2.75) is 36.5 Å². The van der Waals surface area contributed by atoms with E-state index in [1.54, 1.807) is 6.92 Å². The lowest BCUT2D eigenvalue weighted by molar-refractivity contribution is -0.156. The van der Waals surface area contributed by atoms with Gasteiger partial charge in [-0.05, 0) is 25.8 Å². The smallest absolute Gasteiger partial charge is 0.344 e. The second kappa shape index (κ2) is 8.16. The molecule has 1 atom stereocenters. The van der Waals surface area contributed by atoms with Gasteiger partial charge in [0.2, 0.25) is 0 Å². The van der Waals surface area contributed by atoms with Crippen LogP contribution in [0.4, 0.5) is 0 Å². The molecule has 2 aliphatic rings. The fourth-order valence-electron chi connectivity index (χ4n) is 2.31. The van der Waals surface area contributed by atoms with E-state index in [1.807, 2.05) is 47.8 Å². The minimum atomic E-state index is -0.794. The summed E-state index contributed by atoms with van der Waals surface area (Å²) < 4.78 is 11.1. The van der Waals surface area contributed by atoms with Crippen molar-refractivity contribution in [2.24, 2.45) is 0 Å². The molecule has 0 aromatic heterocycles. The molecule has 1 aromatic rings. The third-order valence-electron chi connectivity index (χ3n) is 3.74. The van der Waals surface area contributed by atoms with Gasteiger partial charge >= 0.3 is 5.97 Å². The van der Waals surface area contributed by atoms with Crippen molar-refractivity contribution in [3.05, 3.63) is 29.8 Å². The van der Waals surface area contributed by atoms with Crippen LogP contribution in [0.2, 0.25) is 0 Å². The summed E-state index contributed by atoms with van der Waals surface area (Å²) in [5.74, 6) is 2.18. The summed E-state index contributed by atoms with van der Waals surface area (Å²) in [6, 6.07) is 8.01. The van der Waals surface area contributed by atoms with Crippen LogP contribution in [0.25, 0.3) is 0 Å². The normalized spacial score (nSPS) is 18.9. The van der Waals surface area contributed by atoms with Crippen molar-refractivity contribution in [3.63, 3.8) is 0 Å². The second-order valence-electron chi connectivity index (χ2n) is 5.81. The van der Waals surface area contributed by atoms with Crippen LogP contribution in [0.1, 0.15) is 29.9 Å². The number of hydrogen-bond donors (Lipinski definition) is 1. The molecule has 1 saturated carbocycles. The highest BCUT2D eigenvalue weighted by Crippen LogP contribution is 2.48. The Balaban J connectivity index is 1.49. The Kier molecular flexibility index (Phi) is 5.94. The van der Waals surface area contributed by atoms with Crippen molar-refractivity contribution in [1.29, 1.82) is 0 Å². The number of para-hydroxylation sites is 1. The van der Waals surface area contributed by atoms with E-state index in [0.717, 1.165) is 29.9 Å². The van der Waals surface area contributed by atoms with E-state index in [9.17, 15) is 9.59 Å². The van der Waals surface area contributed by atoms with Crippen LogP contribution in [-0.2, 0) is 14.3 Å². The number of amides is 1. The third kappa shape index (κ3) is 4.83. The first-order valence-electron chi connectivity index (χ1n) is 8.08. The lowest BCUT2D eigenvalue weighted by Gasteiger charge is -2.16. The fourth-order valence-corrected chi connectivity index (χ4v) is 5.22. The first kappa shape index (κ1) is 17.5. The highest BCUT2D eigenvalue weighted by molar-refractivity contribution is 8.19. The number of carbonyl (C=O) groups is 2. The minimum Gasteiger partial charge on any atom is -0.482 e. The molecule has 2 fully saturated rings. The molecule has 130 valence electrons. The average Bonchev–Trinajstić information content (AvgIpc) is 3.23. The predicted molar refractivity (Wildman–Crippen MR) is 96.3 cm³/mol. The monoisotopic (exact) mass is 367 g/mol. The van der Waals surface area contributed by atoms with Crippen LogP contribution in [0.5, 0.6) is 5.75 Å². The van der Waals surface area contributed by atoms with E-state index in [0.29, 0.717) is 10.3 Å². The Labute approximate surface area is 150 Å². The summed E-state index contributed by atoms with van der Waals surface area (Å²) in [7, 11) is 0. The van der Waals surface area contributed by atoms with E-state index >= 15 is 0 Å². The van der Waals surface area contributed by atoms with E-state index in [1.165, 1.54) is 0 Å². The summed E-state index contributed by atoms with van der Waals surface area (Å²) in [6.45, 7) is 1.38. The number of carbonyl (C=O) groups excluding carboxylic acids is 2. The third-order valence-corrected chi connectivity index (χ3v) is 6.81.